The van der Waals surface area contributed by atoms with Gasteiger partial charge in [-0.25, -0.2) is 0 Å². The molecule has 0 saturated heterocycles. The van der Waals surface area contributed by atoms with Crippen molar-refractivity contribution in [3.63, 3.8) is 0 Å². The van der Waals surface area contributed by atoms with Gasteiger partial charge in [0.15, 0.2) is 0 Å². The van der Waals surface area contributed by atoms with Crippen LogP contribution in [0.2, 0.25) is 0 Å². The van der Waals surface area contributed by atoms with Gasteiger partial charge in [0.25, 0.3) is 0 Å². The summed E-state index contributed by atoms with van der Waals surface area (Å²) in [6.07, 6.45) is 15.1. The van der Waals surface area contributed by atoms with E-state index in [2.05, 4.69) is 89.3 Å². The average molecular weight is 379 g/mol. The molecule has 1 aromatic rings. The SMILES string of the molecule is C/C1=C\C=C(\C(C)C)C(OCc2ccccc2)C/C(C)=C/CC/C(C)=C/CC1. The second-order valence-electron chi connectivity index (χ2n) is 8.50. The average Bonchev–Trinajstić information content (AvgIpc) is 2.66. The molecule has 0 N–H and O–H groups in total. The maximum atomic E-state index is 6.48. The van der Waals surface area contributed by atoms with Crippen LogP contribution in [0.3, 0.4) is 0 Å². The van der Waals surface area contributed by atoms with Crippen molar-refractivity contribution < 1.29 is 4.74 Å². The Kier molecular flexibility index (Phi) is 9.50. The van der Waals surface area contributed by atoms with Crippen LogP contribution in [0.4, 0.5) is 0 Å². The van der Waals surface area contributed by atoms with Crippen molar-refractivity contribution >= 4 is 0 Å². The normalized spacial score (nSPS) is 27.4. The number of allylic oxidation sites excluding steroid dienone is 6. The summed E-state index contributed by atoms with van der Waals surface area (Å²) in [6, 6.07) is 10.5. The first-order chi connectivity index (χ1) is 13.5. The Morgan fingerprint density at radius 2 is 1.50 bits per heavy atom. The molecule has 1 nitrogen and oxygen atoms in total. The molecule has 1 unspecified atom stereocenters. The molecule has 1 aromatic carbocycles. The van der Waals surface area contributed by atoms with E-state index in [1.54, 1.807) is 0 Å². The van der Waals surface area contributed by atoms with E-state index in [0.717, 1.165) is 32.1 Å². The standard InChI is InChI=1S/C27H38O/c1-21(2)26-18-17-23(4)13-9-11-22(3)12-10-14-24(5)19-27(26)28-20-25-15-7-6-8-16-25/h6-8,11,14-18,21,27H,9-10,12-13,19-20H2,1-5H3/b22-11+,23-17+,24-14+,26-18-. The number of hydrogen-bond acceptors (Lipinski definition) is 1. The van der Waals surface area contributed by atoms with Crippen LogP contribution < -0.4 is 0 Å². The van der Waals surface area contributed by atoms with Gasteiger partial charge in [0.05, 0.1) is 12.7 Å². The van der Waals surface area contributed by atoms with Crippen LogP contribution in [0.15, 0.2) is 76.9 Å². The predicted octanol–water partition coefficient (Wildman–Crippen LogP) is 7.96. The third-order valence-corrected chi connectivity index (χ3v) is 5.46. The van der Waals surface area contributed by atoms with E-state index in [1.165, 1.54) is 27.9 Å². The van der Waals surface area contributed by atoms with Crippen LogP contribution in [0.5, 0.6) is 0 Å². The molecule has 152 valence electrons. The summed E-state index contributed by atoms with van der Waals surface area (Å²) in [6.45, 7) is 12.0. The summed E-state index contributed by atoms with van der Waals surface area (Å²) < 4.78 is 6.48. The highest BCUT2D eigenvalue weighted by molar-refractivity contribution is 5.24. The fraction of sp³-hybridized carbons (Fsp3) is 0.481. The molecular weight excluding hydrogens is 340 g/mol. The summed E-state index contributed by atoms with van der Waals surface area (Å²) in [7, 11) is 0. The van der Waals surface area contributed by atoms with E-state index in [1.807, 2.05) is 0 Å². The fourth-order valence-corrected chi connectivity index (χ4v) is 3.61. The topological polar surface area (TPSA) is 9.23 Å². The highest BCUT2D eigenvalue weighted by atomic mass is 16.5. The van der Waals surface area contributed by atoms with Crippen LogP contribution in [0, 0.1) is 5.92 Å². The summed E-state index contributed by atoms with van der Waals surface area (Å²) in [5.74, 6) is 0.465. The lowest BCUT2D eigenvalue weighted by molar-refractivity contribution is 0.0593. The molecule has 0 amide bonds. The van der Waals surface area contributed by atoms with E-state index < -0.39 is 0 Å². The molecule has 0 aliphatic heterocycles. The van der Waals surface area contributed by atoms with Crippen molar-refractivity contribution in [3.8, 4) is 0 Å². The molecule has 1 aliphatic carbocycles. The minimum atomic E-state index is 0.125. The summed E-state index contributed by atoms with van der Waals surface area (Å²) in [4.78, 5) is 0. The first kappa shape index (κ1) is 22.4. The van der Waals surface area contributed by atoms with E-state index in [4.69, 9.17) is 4.74 Å². The van der Waals surface area contributed by atoms with Crippen molar-refractivity contribution in [1.82, 2.24) is 0 Å². The molecule has 0 fully saturated rings. The van der Waals surface area contributed by atoms with Crippen molar-refractivity contribution in [1.29, 1.82) is 0 Å². The van der Waals surface area contributed by atoms with Gasteiger partial charge >= 0.3 is 0 Å². The molecule has 0 spiro atoms. The van der Waals surface area contributed by atoms with Crippen LogP contribution in [-0.4, -0.2) is 6.10 Å². The highest BCUT2D eigenvalue weighted by Crippen LogP contribution is 2.26. The molecule has 0 heterocycles. The molecule has 1 heteroatoms. The minimum absolute atomic E-state index is 0.125. The molecule has 0 saturated carbocycles. The van der Waals surface area contributed by atoms with E-state index in [9.17, 15) is 0 Å². The van der Waals surface area contributed by atoms with Gasteiger partial charge < -0.3 is 4.74 Å². The van der Waals surface area contributed by atoms with Gasteiger partial charge in [-0.1, -0.05) is 85.2 Å². The summed E-state index contributed by atoms with van der Waals surface area (Å²) >= 11 is 0. The Morgan fingerprint density at radius 3 is 2.18 bits per heavy atom. The molecule has 1 atom stereocenters. The van der Waals surface area contributed by atoms with Crippen LogP contribution in [-0.2, 0) is 11.3 Å². The number of rotatable bonds is 4. The number of ether oxygens (including phenoxy) is 1. The minimum Gasteiger partial charge on any atom is -0.369 e. The van der Waals surface area contributed by atoms with Gasteiger partial charge in [-0.05, 0) is 69.9 Å². The van der Waals surface area contributed by atoms with Gasteiger partial charge in [0, 0.05) is 0 Å². The van der Waals surface area contributed by atoms with E-state index >= 15 is 0 Å². The second-order valence-corrected chi connectivity index (χ2v) is 8.50. The zero-order chi connectivity index (χ0) is 20.4. The molecule has 2 rings (SSSR count). The molecule has 0 bridgehead atoms. The number of hydrogen-bond donors (Lipinski definition) is 0. The first-order valence-corrected chi connectivity index (χ1v) is 10.8. The lowest BCUT2D eigenvalue weighted by Gasteiger charge is -2.25. The van der Waals surface area contributed by atoms with Crippen molar-refractivity contribution in [2.24, 2.45) is 5.92 Å². The smallest absolute Gasteiger partial charge is 0.0832 e. The zero-order valence-corrected chi connectivity index (χ0v) is 18.5. The molecular formula is C27H38O. The second kappa shape index (κ2) is 11.9. The Balaban J connectivity index is 2.27. The quantitative estimate of drug-likeness (QED) is 0.483. The van der Waals surface area contributed by atoms with Crippen LogP contribution in [0.1, 0.15) is 72.3 Å². The van der Waals surface area contributed by atoms with Gasteiger partial charge in [0.2, 0.25) is 0 Å². The van der Waals surface area contributed by atoms with Gasteiger partial charge in [-0.3, -0.25) is 0 Å². The van der Waals surface area contributed by atoms with Crippen molar-refractivity contribution in [2.75, 3.05) is 0 Å². The first-order valence-electron chi connectivity index (χ1n) is 10.8. The fourth-order valence-electron chi connectivity index (χ4n) is 3.61. The summed E-state index contributed by atoms with van der Waals surface area (Å²) in [5, 5.41) is 0. The van der Waals surface area contributed by atoms with E-state index in [-0.39, 0.29) is 6.10 Å². The maximum absolute atomic E-state index is 6.48. The molecule has 28 heavy (non-hydrogen) atoms. The van der Waals surface area contributed by atoms with Gasteiger partial charge in [0.1, 0.15) is 0 Å². The monoisotopic (exact) mass is 378 g/mol. The Labute approximate surface area is 172 Å². The van der Waals surface area contributed by atoms with Crippen molar-refractivity contribution in [2.45, 2.75) is 79.4 Å². The molecule has 1 aliphatic rings. The lowest BCUT2D eigenvalue weighted by atomic mass is 9.91. The predicted molar refractivity (Wildman–Crippen MR) is 122 cm³/mol. The van der Waals surface area contributed by atoms with Gasteiger partial charge in [-0.2, -0.15) is 0 Å². The lowest BCUT2D eigenvalue weighted by Crippen LogP contribution is -2.20. The number of benzene rings is 1. The van der Waals surface area contributed by atoms with Crippen LogP contribution in [0.25, 0.3) is 0 Å². The molecule has 0 radical (unpaired) electrons. The van der Waals surface area contributed by atoms with E-state index in [0.29, 0.717) is 12.5 Å². The van der Waals surface area contributed by atoms with Crippen LogP contribution >= 0.6 is 0 Å². The Morgan fingerprint density at radius 1 is 0.857 bits per heavy atom. The third-order valence-electron chi connectivity index (χ3n) is 5.46. The Bertz CT molecular complexity index is 716. The zero-order valence-electron chi connectivity index (χ0n) is 18.5. The third kappa shape index (κ3) is 8.02. The Hall–Kier alpha value is -1.86. The molecule has 0 aromatic heterocycles. The van der Waals surface area contributed by atoms with Crippen molar-refractivity contribution in [3.05, 3.63) is 82.5 Å². The summed E-state index contributed by atoms with van der Waals surface area (Å²) in [5.41, 5.74) is 7.00. The highest BCUT2D eigenvalue weighted by Gasteiger charge is 2.18. The van der Waals surface area contributed by atoms with Gasteiger partial charge in [-0.15, -0.1) is 0 Å². The largest absolute Gasteiger partial charge is 0.369 e. The maximum Gasteiger partial charge on any atom is 0.0832 e.